The molecular formula is C21H25N3O3. The first-order valence-corrected chi connectivity index (χ1v) is 8.94. The maximum atomic E-state index is 13.1. The highest BCUT2D eigenvalue weighted by Crippen LogP contribution is 2.30. The predicted molar refractivity (Wildman–Crippen MR) is 106 cm³/mol. The molecule has 0 unspecified atom stereocenters. The normalized spacial score (nSPS) is 14.6. The minimum absolute atomic E-state index is 0.0296. The molecule has 6 heteroatoms. The summed E-state index contributed by atoms with van der Waals surface area (Å²) in [6.45, 7) is 4.49. The Balaban J connectivity index is 1.79. The summed E-state index contributed by atoms with van der Waals surface area (Å²) < 4.78 is 5.44. The maximum absolute atomic E-state index is 13.1. The highest BCUT2D eigenvalue weighted by Gasteiger charge is 2.31. The van der Waals surface area contributed by atoms with Gasteiger partial charge in [-0.05, 0) is 39.1 Å². The summed E-state index contributed by atoms with van der Waals surface area (Å²) in [4.78, 5) is 28.7. The van der Waals surface area contributed by atoms with Crippen molar-refractivity contribution in [3.63, 3.8) is 0 Å². The molecule has 0 bridgehead atoms. The van der Waals surface area contributed by atoms with Crippen molar-refractivity contribution in [1.29, 1.82) is 0 Å². The molecule has 0 saturated carbocycles. The average Bonchev–Trinajstić information content (AvgIpc) is 2.66. The summed E-state index contributed by atoms with van der Waals surface area (Å²) in [6.07, 6.45) is 0. The lowest BCUT2D eigenvalue weighted by atomic mass is 10.1. The van der Waals surface area contributed by atoms with Crippen LogP contribution in [0.3, 0.4) is 0 Å². The molecule has 3 rings (SSSR count). The highest BCUT2D eigenvalue weighted by atomic mass is 16.5. The molecule has 0 radical (unpaired) electrons. The quantitative estimate of drug-likeness (QED) is 0.883. The zero-order valence-electron chi connectivity index (χ0n) is 16.2. The monoisotopic (exact) mass is 367 g/mol. The molecule has 1 atom stereocenters. The fourth-order valence-electron chi connectivity index (χ4n) is 3.28. The van der Waals surface area contributed by atoms with Crippen LogP contribution < -0.4 is 15.0 Å². The summed E-state index contributed by atoms with van der Waals surface area (Å²) in [6, 6.07) is 13.0. The molecule has 0 fully saturated rings. The predicted octanol–water partition coefficient (Wildman–Crippen LogP) is 2.81. The van der Waals surface area contributed by atoms with E-state index < -0.39 is 6.04 Å². The van der Waals surface area contributed by atoms with Gasteiger partial charge in [0.15, 0.2) is 0 Å². The summed E-state index contributed by atoms with van der Waals surface area (Å²) in [5, 5.41) is 2.81. The van der Waals surface area contributed by atoms with Crippen LogP contribution in [0.1, 0.15) is 18.1 Å². The second-order valence-corrected chi connectivity index (χ2v) is 6.90. The lowest BCUT2D eigenvalue weighted by Gasteiger charge is -2.34. The Morgan fingerprint density at radius 1 is 1.30 bits per heavy atom. The van der Waals surface area contributed by atoms with Gasteiger partial charge in [0.25, 0.3) is 0 Å². The van der Waals surface area contributed by atoms with Gasteiger partial charge >= 0.3 is 0 Å². The number of ether oxygens (including phenoxy) is 1. The van der Waals surface area contributed by atoms with Gasteiger partial charge in [-0.2, -0.15) is 0 Å². The number of para-hydroxylation sites is 2. The average molecular weight is 367 g/mol. The van der Waals surface area contributed by atoms with Crippen LogP contribution in [0.25, 0.3) is 0 Å². The third-order valence-corrected chi connectivity index (χ3v) is 4.91. The van der Waals surface area contributed by atoms with Crippen molar-refractivity contribution >= 4 is 23.2 Å². The van der Waals surface area contributed by atoms with Crippen molar-refractivity contribution in [3.8, 4) is 5.75 Å². The Morgan fingerprint density at radius 2 is 2.04 bits per heavy atom. The highest BCUT2D eigenvalue weighted by molar-refractivity contribution is 6.11. The molecule has 0 spiro atoms. The van der Waals surface area contributed by atoms with E-state index in [1.54, 1.807) is 18.1 Å². The second kappa shape index (κ2) is 7.80. The Hall–Kier alpha value is -2.86. The van der Waals surface area contributed by atoms with E-state index >= 15 is 0 Å². The lowest BCUT2D eigenvalue weighted by Crippen LogP contribution is -2.50. The number of nitrogens with one attached hydrogen (secondary N) is 1. The largest absolute Gasteiger partial charge is 0.496 e. The second-order valence-electron chi connectivity index (χ2n) is 6.90. The molecular weight excluding hydrogens is 342 g/mol. The van der Waals surface area contributed by atoms with Crippen molar-refractivity contribution in [2.75, 3.05) is 30.9 Å². The summed E-state index contributed by atoms with van der Waals surface area (Å²) in [7, 11) is 3.55. The van der Waals surface area contributed by atoms with Gasteiger partial charge in [-0.1, -0.05) is 29.8 Å². The molecule has 0 aromatic heterocycles. The molecule has 2 aromatic rings. The Kier molecular flexibility index (Phi) is 5.46. The molecule has 1 N–H and O–H groups in total. The van der Waals surface area contributed by atoms with E-state index in [1.165, 1.54) is 0 Å². The first-order chi connectivity index (χ1) is 12.9. The number of benzene rings is 2. The number of amides is 2. The number of rotatable bonds is 5. The van der Waals surface area contributed by atoms with Gasteiger partial charge in [0.05, 0.1) is 24.5 Å². The molecule has 142 valence electrons. The van der Waals surface area contributed by atoms with Gasteiger partial charge in [0, 0.05) is 12.1 Å². The van der Waals surface area contributed by atoms with Crippen LogP contribution in [0.4, 0.5) is 11.4 Å². The Bertz CT molecular complexity index is 866. The number of carbonyl (C=O) groups excluding carboxylic acids is 2. The lowest BCUT2D eigenvalue weighted by molar-refractivity contribution is -0.125. The van der Waals surface area contributed by atoms with E-state index in [-0.39, 0.29) is 18.4 Å². The minimum atomic E-state index is -0.394. The molecule has 27 heavy (non-hydrogen) atoms. The van der Waals surface area contributed by atoms with Gasteiger partial charge < -0.3 is 10.1 Å². The van der Waals surface area contributed by atoms with Gasteiger partial charge in [-0.3, -0.25) is 19.4 Å². The fraction of sp³-hybridized carbons (Fsp3) is 0.333. The van der Waals surface area contributed by atoms with Crippen molar-refractivity contribution < 1.29 is 14.3 Å². The van der Waals surface area contributed by atoms with E-state index in [4.69, 9.17) is 4.74 Å². The van der Waals surface area contributed by atoms with E-state index in [0.717, 1.165) is 22.6 Å². The third kappa shape index (κ3) is 3.95. The van der Waals surface area contributed by atoms with Gasteiger partial charge in [-0.15, -0.1) is 0 Å². The van der Waals surface area contributed by atoms with Crippen LogP contribution in [0.15, 0.2) is 42.5 Å². The van der Waals surface area contributed by atoms with Gasteiger partial charge in [0.2, 0.25) is 11.8 Å². The molecule has 2 amide bonds. The third-order valence-electron chi connectivity index (χ3n) is 4.91. The number of likely N-dealkylation sites (N-methyl/N-ethyl adjacent to an activating group) is 1. The molecule has 6 nitrogen and oxygen atoms in total. The van der Waals surface area contributed by atoms with Gasteiger partial charge in [0.1, 0.15) is 12.3 Å². The van der Waals surface area contributed by atoms with Crippen LogP contribution in [0.5, 0.6) is 5.75 Å². The standard InChI is InChI=1S/C21H25N3O3/c1-14-9-10-19(27-4)16(11-14)12-23(3)15(2)21(26)24-13-20(25)22-17-7-5-6-8-18(17)24/h5-11,15H,12-13H2,1-4H3,(H,22,25)/t15-/m0/s1. The summed E-state index contributed by atoms with van der Waals surface area (Å²) >= 11 is 0. The van der Waals surface area contributed by atoms with E-state index in [2.05, 4.69) is 11.4 Å². The first kappa shape index (κ1) is 18.9. The van der Waals surface area contributed by atoms with Crippen molar-refractivity contribution in [2.45, 2.75) is 26.4 Å². The number of hydrogen-bond acceptors (Lipinski definition) is 4. The fourth-order valence-corrected chi connectivity index (χ4v) is 3.28. The Morgan fingerprint density at radius 3 is 2.78 bits per heavy atom. The number of aryl methyl sites for hydroxylation is 1. The van der Waals surface area contributed by atoms with Crippen LogP contribution >= 0.6 is 0 Å². The SMILES string of the molecule is COc1ccc(C)cc1CN(C)[C@@H](C)C(=O)N1CC(=O)Nc2ccccc21. The zero-order chi connectivity index (χ0) is 19.6. The summed E-state index contributed by atoms with van der Waals surface area (Å²) in [5.74, 6) is 0.512. The van der Waals surface area contributed by atoms with Crippen LogP contribution in [-0.2, 0) is 16.1 Å². The van der Waals surface area contributed by atoms with E-state index in [9.17, 15) is 9.59 Å². The minimum Gasteiger partial charge on any atom is -0.496 e. The number of anilines is 2. The molecule has 1 aliphatic rings. The topological polar surface area (TPSA) is 61.9 Å². The molecule has 0 saturated heterocycles. The Labute approximate surface area is 159 Å². The first-order valence-electron chi connectivity index (χ1n) is 8.94. The molecule has 1 aliphatic heterocycles. The van der Waals surface area contributed by atoms with Crippen molar-refractivity contribution in [3.05, 3.63) is 53.6 Å². The number of methoxy groups -OCH3 is 1. The molecule has 2 aromatic carbocycles. The molecule has 1 heterocycles. The van der Waals surface area contributed by atoms with E-state index in [0.29, 0.717) is 12.2 Å². The molecule has 0 aliphatic carbocycles. The van der Waals surface area contributed by atoms with Crippen molar-refractivity contribution in [2.24, 2.45) is 0 Å². The number of carbonyl (C=O) groups is 2. The van der Waals surface area contributed by atoms with Gasteiger partial charge in [-0.25, -0.2) is 0 Å². The summed E-state index contributed by atoms with van der Waals surface area (Å²) in [5.41, 5.74) is 3.56. The van der Waals surface area contributed by atoms with E-state index in [1.807, 2.05) is 56.1 Å². The smallest absolute Gasteiger partial charge is 0.244 e. The number of hydrogen-bond donors (Lipinski definition) is 1. The van der Waals surface area contributed by atoms with Crippen molar-refractivity contribution in [1.82, 2.24) is 4.90 Å². The van der Waals surface area contributed by atoms with Crippen LogP contribution in [-0.4, -0.2) is 43.5 Å². The maximum Gasteiger partial charge on any atom is 0.244 e. The zero-order valence-corrected chi connectivity index (χ0v) is 16.2. The number of fused-ring (bicyclic) bond motifs is 1. The van der Waals surface area contributed by atoms with Crippen LogP contribution in [0.2, 0.25) is 0 Å². The van der Waals surface area contributed by atoms with Crippen LogP contribution in [0, 0.1) is 6.92 Å². The number of nitrogens with zero attached hydrogens (tertiary/aromatic N) is 2.